The minimum atomic E-state index is 0.446. The smallest absolute Gasteiger partial charge is 0.183 e. The van der Waals surface area contributed by atoms with Gasteiger partial charge in [-0.25, -0.2) is 4.68 Å². The van der Waals surface area contributed by atoms with E-state index in [4.69, 9.17) is 11.6 Å². The van der Waals surface area contributed by atoms with E-state index >= 15 is 0 Å². The molecule has 21 heavy (non-hydrogen) atoms. The maximum Gasteiger partial charge on any atom is 0.183 e. The molecule has 0 atom stereocenters. The fraction of sp³-hybridized carbons (Fsp3) is 0.0667. The molecule has 0 aliphatic rings. The van der Waals surface area contributed by atoms with Gasteiger partial charge in [-0.2, -0.15) is 5.26 Å². The first-order chi connectivity index (χ1) is 10.3. The van der Waals surface area contributed by atoms with Crippen LogP contribution >= 0.6 is 11.6 Å². The zero-order chi connectivity index (χ0) is 14.7. The third-order valence-electron chi connectivity index (χ3n) is 3.10. The summed E-state index contributed by atoms with van der Waals surface area (Å²) in [7, 11) is 0. The molecule has 0 saturated carbocycles. The largest absolute Gasteiger partial charge is 0.221 e. The minimum absolute atomic E-state index is 0.446. The Morgan fingerprint density at radius 1 is 1.10 bits per heavy atom. The van der Waals surface area contributed by atoms with Crippen LogP contribution in [0, 0.1) is 11.3 Å². The van der Waals surface area contributed by atoms with Crippen molar-refractivity contribution in [3.05, 3.63) is 64.7 Å². The summed E-state index contributed by atoms with van der Waals surface area (Å²) in [5.74, 6) is 0.548. The number of hydrogen-bond acceptors (Lipinski definition) is 4. The third kappa shape index (κ3) is 2.62. The van der Waals surface area contributed by atoms with Gasteiger partial charge in [0, 0.05) is 10.6 Å². The fourth-order valence-corrected chi connectivity index (χ4v) is 2.26. The summed E-state index contributed by atoms with van der Waals surface area (Å²) in [4.78, 5) is 0. The van der Waals surface area contributed by atoms with Crippen molar-refractivity contribution in [3.8, 4) is 17.5 Å². The van der Waals surface area contributed by atoms with Crippen molar-refractivity contribution in [2.75, 3.05) is 0 Å². The quantitative estimate of drug-likeness (QED) is 0.745. The number of halogens is 1. The molecule has 1 heterocycles. The van der Waals surface area contributed by atoms with Gasteiger partial charge in [-0.15, -0.1) is 5.10 Å². The van der Waals surface area contributed by atoms with E-state index in [0.717, 1.165) is 5.56 Å². The predicted molar refractivity (Wildman–Crippen MR) is 78.5 cm³/mol. The summed E-state index contributed by atoms with van der Waals surface area (Å²) < 4.78 is 1.64. The maximum atomic E-state index is 9.19. The Morgan fingerprint density at radius 3 is 2.67 bits per heavy atom. The van der Waals surface area contributed by atoms with Gasteiger partial charge in [0.25, 0.3) is 0 Å². The molecule has 0 radical (unpaired) electrons. The molecule has 0 aliphatic heterocycles. The van der Waals surface area contributed by atoms with E-state index in [1.807, 2.05) is 42.5 Å². The Balaban J connectivity index is 2.03. The number of tetrazole rings is 1. The summed E-state index contributed by atoms with van der Waals surface area (Å²) in [6, 6.07) is 16.9. The van der Waals surface area contributed by atoms with Gasteiger partial charge in [0.1, 0.15) is 0 Å². The average molecular weight is 296 g/mol. The van der Waals surface area contributed by atoms with E-state index in [1.165, 1.54) is 0 Å². The van der Waals surface area contributed by atoms with E-state index in [-0.39, 0.29) is 0 Å². The highest BCUT2D eigenvalue weighted by Gasteiger charge is 2.13. The second kappa shape index (κ2) is 5.73. The lowest BCUT2D eigenvalue weighted by Crippen LogP contribution is -2.05. The summed E-state index contributed by atoms with van der Waals surface area (Å²) in [6.45, 7) is 0.446. The van der Waals surface area contributed by atoms with Crippen molar-refractivity contribution in [1.82, 2.24) is 20.2 Å². The second-order valence-electron chi connectivity index (χ2n) is 4.41. The molecule has 0 aliphatic carbocycles. The lowest BCUT2D eigenvalue weighted by Gasteiger charge is -2.07. The van der Waals surface area contributed by atoms with Crippen molar-refractivity contribution in [3.63, 3.8) is 0 Å². The van der Waals surface area contributed by atoms with Crippen LogP contribution in [0.1, 0.15) is 11.1 Å². The topological polar surface area (TPSA) is 67.4 Å². The monoisotopic (exact) mass is 295 g/mol. The highest BCUT2D eigenvalue weighted by atomic mass is 35.5. The molecule has 3 aromatic rings. The molecule has 102 valence electrons. The van der Waals surface area contributed by atoms with Crippen LogP contribution in [-0.2, 0) is 6.54 Å². The van der Waals surface area contributed by atoms with Crippen molar-refractivity contribution < 1.29 is 0 Å². The molecule has 6 heteroatoms. The Labute approximate surface area is 126 Å². The minimum Gasteiger partial charge on any atom is -0.221 e. The van der Waals surface area contributed by atoms with E-state index in [1.54, 1.807) is 10.7 Å². The van der Waals surface area contributed by atoms with Gasteiger partial charge in [-0.3, -0.25) is 0 Å². The van der Waals surface area contributed by atoms with Gasteiger partial charge in [0.05, 0.1) is 18.2 Å². The number of aromatic nitrogens is 4. The molecule has 0 unspecified atom stereocenters. The molecule has 1 aromatic heterocycles. The van der Waals surface area contributed by atoms with E-state index < -0.39 is 0 Å². The third-order valence-corrected chi connectivity index (χ3v) is 3.47. The lowest BCUT2D eigenvalue weighted by molar-refractivity contribution is 0.653. The first kappa shape index (κ1) is 13.3. The molecule has 2 aromatic carbocycles. The number of rotatable bonds is 3. The molecule has 0 N–H and O–H groups in total. The van der Waals surface area contributed by atoms with Crippen molar-refractivity contribution in [2.45, 2.75) is 6.54 Å². The van der Waals surface area contributed by atoms with Crippen LogP contribution in [0.5, 0.6) is 0 Å². The number of hydrogen-bond donors (Lipinski definition) is 0. The molecule has 3 rings (SSSR count). The van der Waals surface area contributed by atoms with Crippen LogP contribution in [0.3, 0.4) is 0 Å². The Morgan fingerprint density at radius 2 is 1.86 bits per heavy atom. The van der Waals surface area contributed by atoms with Crippen LogP contribution < -0.4 is 0 Å². The molecular formula is C15H10ClN5. The lowest BCUT2D eigenvalue weighted by atomic mass is 10.1. The van der Waals surface area contributed by atoms with Crippen LogP contribution in [-0.4, -0.2) is 20.2 Å². The second-order valence-corrected chi connectivity index (χ2v) is 4.82. The molecule has 0 saturated heterocycles. The highest BCUT2D eigenvalue weighted by Crippen LogP contribution is 2.22. The van der Waals surface area contributed by atoms with Crippen LogP contribution in [0.15, 0.2) is 48.5 Å². The van der Waals surface area contributed by atoms with Crippen molar-refractivity contribution in [1.29, 1.82) is 5.26 Å². The van der Waals surface area contributed by atoms with Crippen LogP contribution in [0.25, 0.3) is 11.4 Å². The molecule has 0 spiro atoms. The van der Waals surface area contributed by atoms with E-state index in [0.29, 0.717) is 28.5 Å². The first-order valence-electron chi connectivity index (χ1n) is 6.28. The molecule has 5 nitrogen and oxygen atoms in total. The zero-order valence-corrected chi connectivity index (χ0v) is 11.7. The SMILES string of the molecule is N#Cc1ccccc1-c1nnnn1Cc1ccccc1Cl. The molecule has 0 amide bonds. The number of benzene rings is 2. The van der Waals surface area contributed by atoms with Crippen LogP contribution in [0.4, 0.5) is 0 Å². The summed E-state index contributed by atoms with van der Waals surface area (Å²) in [5.41, 5.74) is 2.16. The zero-order valence-electron chi connectivity index (χ0n) is 10.9. The number of nitrogens with zero attached hydrogens (tertiary/aromatic N) is 5. The summed E-state index contributed by atoms with van der Waals surface area (Å²) >= 11 is 6.16. The van der Waals surface area contributed by atoms with Gasteiger partial charge < -0.3 is 0 Å². The average Bonchev–Trinajstić information content (AvgIpc) is 2.97. The van der Waals surface area contributed by atoms with Crippen molar-refractivity contribution >= 4 is 11.6 Å². The Hall–Kier alpha value is -2.71. The van der Waals surface area contributed by atoms with Gasteiger partial charge in [0.2, 0.25) is 0 Å². The molecular weight excluding hydrogens is 286 g/mol. The molecule has 0 bridgehead atoms. The first-order valence-corrected chi connectivity index (χ1v) is 6.66. The molecule has 0 fully saturated rings. The van der Waals surface area contributed by atoms with Crippen LogP contribution in [0.2, 0.25) is 5.02 Å². The van der Waals surface area contributed by atoms with Gasteiger partial charge >= 0.3 is 0 Å². The van der Waals surface area contributed by atoms with Gasteiger partial charge in [-0.1, -0.05) is 41.9 Å². The van der Waals surface area contributed by atoms with Crippen molar-refractivity contribution in [2.24, 2.45) is 0 Å². The van der Waals surface area contributed by atoms with E-state index in [9.17, 15) is 5.26 Å². The fourth-order valence-electron chi connectivity index (χ4n) is 2.07. The normalized spacial score (nSPS) is 10.3. The Bertz CT molecular complexity index is 819. The Kier molecular flexibility index (Phi) is 3.63. The van der Waals surface area contributed by atoms with Gasteiger partial charge in [-0.05, 0) is 34.2 Å². The standard InChI is InChI=1S/C15H10ClN5/c16-14-8-4-2-6-12(14)10-21-15(18-19-20-21)13-7-3-1-5-11(13)9-17/h1-8H,10H2. The maximum absolute atomic E-state index is 9.19. The predicted octanol–water partition coefficient (Wildman–Crippen LogP) is 2.91. The summed E-state index contributed by atoms with van der Waals surface area (Å²) in [6.07, 6.45) is 0. The van der Waals surface area contributed by atoms with E-state index in [2.05, 4.69) is 21.6 Å². The number of nitriles is 1. The van der Waals surface area contributed by atoms with Gasteiger partial charge in [0.15, 0.2) is 5.82 Å². The highest BCUT2D eigenvalue weighted by molar-refractivity contribution is 6.31. The summed E-state index contributed by atoms with van der Waals surface area (Å²) in [5, 5.41) is 21.6.